The number of amides is 1. The maximum Gasteiger partial charge on any atom is 0.312 e. The van der Waals surface area contributed by atoms with Gasteiger partial charge in [0.1, 0.15) is 6.04 Å². The minimum atomic E-state index is -0.501. The highest BCUT2D eigenvalue weighted by Gasteiger charge is 2.31. The molecule has 1 saturated heterocycles. The van der Waals surface area contributed by atoms with Crippen LogP contribution >= 0.6 is 0 Å². The summed E-state index contributed by atoms with van der Waals surface area (Å²) in [5.41, 5.74) is 0.282. The van der Waals surface area contributed by atoms with Crippen LogP contribution in [0.2, 0.25) is 0 Å². The van der Waals surface area contributed by atoms with Gasteiger partial charge in [0.25, 0.3) is 5.70 Å². The fourth-order valence-corrected chi connectivity index (χ4v) is 2.39. The third kappa shape index (κ3) is 2.07. The molecule has 1 unspecified atom stereocenters. The van der Waals surface area contributed by atoms with Crippen molar-refractivity contribution < 1.29 is 9.72 Å². The lowest BCUT2D eigenvalue weighted by atomic mass is 10.0. The van der Waals surface area contributed by atoms with Gasteiger partial charge in [-0.2, -0.15) is 0 Å². The van der Waals surface area contributed by atoms with Gasteiger partial charge in [-0.15, -0.1) is 0 Å². The molecule has 0 aromatic rings. The molecule has 1 atom stereocenters. The van der Waals surface area contributed by atoms with Crippen molar-refractivity contribution in [1.29, 1.82) is 0 Å². The van der Waals surface area contributed by atoms with Gasteiger partial charge >= 0.3 is 5.91 Å². The van der Waals surface area contributed by atoms with Crippen LogP contribution in [0.1, 0.15) is 12.8 Å². The van der Waals surface area contributed by atoms with Crippen molar-refractivity contribution in [1.82, 2.24) is 4.90 Å². The fourth-order valence-electron chi connectivity index (χ4n) is 2.39. The molecular weight excluding hydrogens is 248 g/mol. The van der Waals surface area contributed by atoms with E-state index < -0.39 is 10.8 Å². The quantitative estimate of drug-likeness (QED) is 0.509. The number of carbonyl (C=O) groups excluding carboxylic acids is 1. The van der Waals surface area contributed by atoms with Gasteiger partial charge in [0.15, 0.2) is 5.84 Å². The Morgan fingerprint density at radius 1 is 1.37 bits per heavy atom. The lowest BCUT2D eigenvalue weighted by Crippen LogP contribution is -2.39. The van der Waals surface area contributed by atoms with Crippen LogP contribution in [0, 0.1) is 10.1 Å². The molecule has 2 aliphatic heterocycles. The molecule has 1 fully saturated rings. The third-order valence-electron chi connectivity index (χ3n) is 3.35. The number of hydrogen-bond acceptors (Lipinski definition) is 5. The topological polar surface area (TPSA) is 88.2 Å². The Labute approximate surface area is 109 Å². The maximum absolute atomic E-state index is 11.9. The molecule has 3 rings (SSSR count). The summed E-state index contributed by atoms with van der Waals surface area (Å²) in [5, 5.41) is 10.7. The third-order valence-corrected chi connectivity index (χ3v) is 3.35. The van der Waals surface area contributed by atoms with E-state index in [0.717, 1.165) is 25.9 Å². The number of hydrogen-bond donors (Lipinski definition) is 0. The second-order valence-electron chi connectivity index (χ2n) is 4.62. The highest BCUT2D eigenvalue weighted by atomic mass is 16.6. The highest BCUT2D eigenvalue weighted by Crippen LogP contribution is 2.19. The van der Waals surface area contributed by atoms with Gasteiger partial charge in [0, 0.05) is 25.2 Å². The zero-order valence-electron chi connectivity index (χ0n) is 10.2. The largest absolute Gasteiger partial charge is 0.352 e. The van der Waals surface area contributed by atoms with E-state index in [9.17, 15) is 14.9 Å². The molecule has 0 spiro atoms. The predicted octanol–water partition coefficient (Wildman–Crippen LogP) is 0.561. The van der Waals surface area contributed by atoms with Gasteiger partial charge in [-0.3, -0.25) is 14.9 Å². The zero-order chi connectivity index (χ0) is 13.4. The summed E-state index contributed by atoms with van der Waals surface area (Å²) < 4.78 is 0. The molecule has 2 heterocycles. The van der Waals surface area contributed by atoms with Crippen LogP contribution in [-0.2, 0) is 4.79 Å². The van der Waals surface area contributed by atoms with Crippen molar-refractivity contribution in [3.05, 3.63) is 34.0 Å². The summed E-state index contributed by atoms with van der Waals surface area (Å²) in [4.78, 5) is 32.4. The Morgan fingerprint density at radius 2 is 2.11 bits per heavy atom. The van der Waals surface area contributed by atoms with Crippen LogP contribution in [0.25, 0.3) is 0 Å². The molecule has 0 aromatic heterocycles. The van der Waals surface area contributed by atoms with Crippen LogP contribution in [0.5, 0.6) is 0 Å². The van der Waals surface area contributed by atoms with Gasteiger partial charge in [0.05, 0.1) is 10.6 Å². The number of amidine groups is 1. The van der Waals surface area contributed by atoms with Crippen molar-refractivity contribution in [2.24, 2.45) is 9.98 Å². The summed E-state index contributed by atoms with van der Waals surface area (Å²) in [6.45, 7) is 1.64. The zero-order valence-corrected chi connectivity index (χ0v) is 10.2. The van der Waals surface area contributed by atoms with Crippen molar-refractivity contribution >= 4 is 17.5 Å². The SMILES string of the molecule is O=C1N=C2C=C([N+](=O)[O-])C=CC2N=C1N1CCCC1. The molecule has 1 amide bonds. The standard InChI is InChI=1S/C12H12N4O3/c17-12-11(15-5-1-2-6-15)13-9-4-3-8(16(18)19)7-10(9)14-12/h3-4,7,9H,1-2,5-6H2. The molecule has 0 bridgehead atoms. The number of allylic oxidation sites excluding steroid dienone is 1. The average molecular weight is 260 g/mol. The Morgan fingerprint density at radius 3 is 2.79 bits per heavy atom. The van der Waals surface area contributed by atoms with Crippen molar-refractivity contribution in [2.45, 2.75) is 18.9 Å². The summed E-state index contributed by atoms with van der Waals surface area (Å²) in [6, 6.07) is -0.378. The van der Waals surface area contributed by atoms with E-state index in [1.54, 1.807) is 6.08 Å². The van der Waals surface area contributed by atoms with E-state index in [0.29, 0.717) is 11.5 Å². The first kappa shape index (κ1) is 11.8. The van der Waals surface area contributed by atoms with Crippen molar-refractivity contribution in [3.8, 4) is 0 Å². The van der Waals surface area contributed by atoms with Crippen LogP contribution in [-0.4, -0.2) is 46.4 Å². The molecular formula is C12H12N4O3. The minimum absolute atomic E-state index is 0.0670. The molecule has 1 aliphatic carbocycles. The summed E-state index contributed by atoms with van der Waals surface area (Å²) in [5.74, 6) is -0.0174. The normalized spacial score (nSPS) is 25.7. The van der Waals surface area contributed by atoms with Crippen molar-refractivity contribution in [3.63, 3.8) is 0 Å². The van der Waals surface area contributed by atoms with E-state index in [-0.39, 0.29) is 11.7 Å². The Bertz CT molecular complexity index is 568. The number of carbonyl (C=O) groups is 1. The van der Waals surface area contributed by atoms with Gasteiger partial charge < -0.3 is 4.90 Å². The molecule has 7 nitrogen and oxygen atoms in total. The maximum atomic E-state index is 11.9. The molecule has 0 radical (unpaired) electrons. The first-order chi connectivity index (χ1) is 9.15. The minimum Gasteiger partial charge on any atom is -0.352 e. The van der Waals surface area contributed by atoms with Crippen LogP contribution in [0.4, 0.5) is 0 Å². The predicted molar refractivity (Wildman–Crippen MR) is 68.7 cm³/mol. The number of likely N-dealkylation sites (tertiary alicyclic amines) is 1. The van der Waals surface area contributed by atoms with Crippen LogP contribution in [0.15, 0.2) is 33.9 Å². The Kier molecular flexibility index (Phi) is 2.73. The Balaban J connectivity index is 1.89. The van der Waals surface area contributed by atoms with E-state index in [4.69, 9.17) is 0 Å². The lowest BCUT2D eigenvalue weighted by Gasteiger charge is -2.23. The molecule has 19 heavy (non-hydrogen) atoms. The number of nitro groups is 1. The van der Waals surface area contributed by atoms with Crippen LogP contribution in [0.3, 0.4) is 0 Å². The van der Waals surface area contributed by atoms with E-state index in [2.05, 4.69) is 9.98 Å². The van der Waals surface area contributed by atoms with E-state index in [1.807, 2.05) is 4.90 Å². The summed E-state index contributed by atoms with van der Waals surface area (Å²) in [7, 11) is 0. The summed E-state index contributed by atoms with van der Waals surface area (Å²) in [6.07, 6.45) is 6.43. The fraction of sp³-hybridized carbons (Fsp3) is 0.417. The summed E-state index contributed by atoms with van der Waals surface area (Å²) >= 11 is 0. The first-order valence-electron chi connectivity index (χ1n) is 6.15. The molecule has 0 saturated carbocycles. The molecule has 3 aliphatic rings. The average Bonchev–Trinajstić information content (AvgIpc) is 2.90. The highest BCUT2D eigenvalue weighted by molar-refractivity contribution is 6.42. The second-order valence-corrected chi connectivity index (χ2v) is 4.62. The number of aliphatic imine (C=N–C) groups is 2. The lowest BCUT2D eigenvalue weighted by molar-refractivity contribution is -0.418. The van der Waals surface area contributed by atoms with E-state index in [1.165, 1.54) is 12.2 Å². The first-order valence-corrected chi connectivity index (χ1v) is 6.15. The number of nitrogens with zero attached hydrogens (tertiary/aromatic N) is 4. The monoisotopic (exact) mass is 260 g/mol. The van der Waals surface area contributed by atoms with Crippen LogP contribution < -0.4 is 0 Å². The number of rotatable bonds is 1. The molecule has 0 N–H and O–H groups in total. The molecule has 98 valence electrons. The second kappa shape index (κ2) is 4.42. The van der Waals surface area contributed by atoms with Gasteiger partial charge in [-0.1, -0.05) is 0 Å². The molecule has 7 heteroatoms. The van der Waals surface area contributed by atoms with Gasteiger partial charge in [-0.25, -0.2) is 9.98 Å². The van der Waals surface area contributed by atoms with Crippen molar-refractivity contribution in [2.75, 3.05) is 13.1 Å². The number of fused-ring (bicyclic) bond motifs is 1. The Hall–Kier alpha value is -2.31. The van der Waals surface area contributed by atoms with Gasteiger partial charge in [-0.05, 0) is 18.9 Å². The molecule has 0 aromatic carbocycles. The van der Waals surface area contributed by atoms with Gasteiger partial charge in [0.2, 0.25) is 0 Å². The van der Waals surface area contributed by atoms with E-state index >= 15 is 0 Å². The smallest absolute Gasteiger partial charge is 0.312 e.